The molecule has 2 N–H and O–H groups in total. The fourth-order valence-corrected chi connectivity index (χ4v) is 3.45. The van der Waals surface area contributed by atoms with Gasteiger partial charge in [-0.3, -0.25) is 9.89 Å². The molecule has 0 aliphatic carbocycles. The molecule has 0 amide bonds. The summed E-state index contributed by atoms with van der Waals surface area (Å²) in [6.07, 6.45) is 2.71. The first-order chi connectivity index (χ1) is 10.2. The predicted molar refractivity (Wildman–Crippen MR) is 107 cm³/mol. The number of nitrogens with one attached hydrogen (secondary N) is 2. The van der Waals surface area contributed by atoms with Crippen molar-refractivity contribution >= 4 is 41.3 Å². The molecule has 1 saturated heterocycles. The number of thiophene rings is 1. The topological polar surface area (TPSA) is 39.7 Å². The first-order valence-electron chi connectivity index (χ1n) is 7.90. The SMILES string of the molecule is CN=C(NCc1cccs1)NCC(C)N1CCCC(C)C1.I. The van der Waals surface area contributed by atoms with Crippen molar-refractivity contribution in [1.82, 2.24) is 15.5 Å². The maximum Gasteiger partial charge on any atom is 0.191 e. The van der Waals surface area contributed by atoms with Crippen LogP contribution in [-0.4, -0.2) is 43.6 Å². The molecule has 0 saturated carbocycles. The van der Waals surface area contributed by atoms with Crippen LogP contribution in [0.5, 0.6) is 0 Å². The molecule has 0 bridgehead atoms. The average Bonchev–Trinajstić information content (AvgIpc) is 3.00. The molecule has 1 aromatic rings. The van der Waals surface area contributed by atoms with Crippen molar-refractivity contribution in [3.63, 3.8) is 0 Å². The molecule has 22 heavy (non-hydrogen) atoms. The van der Waals surface area contributed by atoms with Crippen molar-refractivity contribution in [3.8, 4) is 0 Å². The molecule has 2 unspecified atom stereocenters. The Morgan fingerprint density at radius 2 is 2.32 bits per heavy atom. The van der Waals surface area contributed by atoms with Crippen molar-refractivity contribution in [2.45, 2.75) is 39.3 Å². The minimum atomic E-state index is 0. The summed E-state index contributed by atoms with van der Waals surface area (Å²) < 4.78 is 0. The lowest BCUT2D eigenvalue weighted by Crippen LogP contribution is -2.48. The molecule has 2 atom stereocenters. The van der Waals surface area contributed by atoms with E-state index < -0.39 is 0 Å². The second kappa shape index (κ2) is 10.4. The summed E-state index contributed by atoms with van der Waals surface area (Å²) in [5, 5.41) is 8.92. The second-order valence-corrected chi connectivity index (χ2v) is 7.01. The van der Waals surface area contributed by atoms with Crippen LogP contribution < -0.4 is 10.6 Å². The lowest BCUT2D eigenvalue weighted by molar-refractivity contribution is 0.139. The molecular formula is C16H29IN4S. The summed E-state index contributed by atoms with van der Waals surface area (Å²) in [6, 6.07) is 4.77. The number of hydrogen-bond donors (Lipinski definition) is 2. The van der Waals surface area contributed by atoms with Crippen molar-refractivity contribution in [1.29, 1.82) is 0 Å². The minimum absolute atomic E-state index is 0. The lowest BCUT2D eigenvalue weighted by Gasteiger charge is -2.35. The monoisotopic (exact) mass is 436 g/mol. The van der Waals surface area contributed by atoms with E-state index in [1.54, 1.807) is 11.3 Å². The first kappa shape index (κ1) is 19.7. The number of hydrogen-bond acceptors (Lipinski definition) is 3. The third-order valence-electron chi connectivity index (χ3n) is 4.11. The zero-order valence-corrected chi connectivity index (χ0v) is 17.0. The maximum absolute atomic E-state index is 4.30. The smallest absolute Gasteiger partial charge is 0.191 e. The molecule has 1 aliphatic heterocycles. The van der Waals surface area contributed by atoms with Gasteiger partial charge in [0.15, 0.2) is 5.96 Å². The van der Waals surface area contributed by atoms with Crippen LogP contribution in [-0.2, 0) is 6.54 Å². The Balaban J connectivity index is 0.00000242. The third-order valence-corrected chi connectivity index (χ3v) is 4.99. The maximum atomic E-state index is 4.30. The summed E-state index contributed by atoms with van der Waals surface area (Å²) in [5.74, 6) is 1.72. The van der Waals surface area contributed by atoms with Crippen LogP contribution in [0.15, 0.2) is 22.5 Å². The number of rotatable bonds is 5. The van der Waals surface area contributed by atoms with Crippen LogP contribution >= 0.6 is 35.3 Å². The highest BCUT2D eigenvalue weighted by Crippen LogP contribution is 2.17. The average molecular weight is 436 g/mol. The molecule has 2 rings (SSSR count). The summed E-state index contributed by atoms with van der Waals surface area (Å²) in [7, 11) is 1.83. The zero-order valence-electron chi connectivity index (χ0n) is 13.8. The van der Waals surface area contributed by atoms with Gasteiger partial charge in [0.1, 0.15) is 0 Å². The van der Waals surface area contributed by atoms with Gasteiger partial charge in [-0.05, 0) is 43.7 Å². The van der Waals surface area contributed by atoms with E-state index >= 15 is 0 Å². The van der Waals surface area contributed by atoms with Gasteiger partial charge in [0.25, 0.3) is 0 Å². The molecular weight excluding hydrogens is 407 g/mol. The summed E-state index contributed by atoms with van der Waals surface area (Å²) in [4.78, 5) is 8.22. The van der Waals surface area contributed by atoms with Gasteiger partial charge in [-0.15, -0.1) is 35.3 Å². The van der Waals surface area contributed by atoms with Crippen molar-refractivity contribution < 1.29 is 0 Å². The van der Waals surface area contributed by atoms with Gasteiger partial charge in [-0.2, -0.15) is 0 Å². The van der Waals surface area contributed by atoms with Crippen LogP contribution in [0, 0.1) is 5.92 Å². The van der Waals surface area contributed by atoms with Gasteiger partial charge < -0.3 is 10.6 Å². The third kappa shape index (κ3) is 6.42. The minimum Gasteiger partial charge on any atom is -0.355 e. The highest BCUT2D eigenvalue weighted by atomic mass is 127. The molecule has 0 aromatic carbocycles. The molecule has 2 heterocycles. The number of piperidine rings is 1. The van der Waals surface area contributed by atoms with E-state index in [1.807, 2.05) is 7.05 Å². The van der Waals surface area contributed by atoms with Crippen molar-refractivity contribution in [2.75, 3.05) is 26.7 Å². The normalized spacial score (nSPS) is 21.0. The quantitative estimate of drug-likeness (QED) is 0.423. The largest absolute Gasteiger partial charge is 0.355 e. The number of halogens is 1. The van der Waals surface area contributed by atoms with E-state index in [-0.39, 0.29) is 24.0 Å². The Bertz CT molecular complexity index is 435. The highest BCUT2D eigenvalue weighted by Gasteiger charge is 2.20. The Morgan fingerprint density at radius 3 is 2.95 bits per heavy atom. The van der Waals surface area contributed by atoms with E-state index in [0.29, 0.717) is 6.04 Å². The summed E-state index contributed by atoms with van der Waals surface area (Å²) in [5.41, 5.74) is 0. The predicted octanol–water partition coefficient (Wildman–Crippen LogP) is 3.15. The van der Waals surface area contributed by atoms with Crippen LogP contribution in [0.25, 0.3) is 0 Å². The molecule has 1 aliphatic rings. The Hall–Kier alpha value is -0.340. The van der Waals surface area contributed by atoms with Crippen LogP contribution in [0.1, 0.15) is 31.6 Å². The lowest BCUT2D eigenvalue weighted by atomic mass is 9.99. The van der Waals surface area contributed by atoms with Crippen LogP contribution in [0.3, 0.4) is 0 Å². The van der Waals surface area contributed by atoms with Crippen LogP contribution in [0.2, 0.25) is 0 Å². The Kier molecular flexibility index (Phi) is 9.35. The van der Waals surface area contributed by atoms with Gasteiger partial charge in [0.2, 0.25) is 0 Å². The molecule has 126 valence electrons. The van der Waals surface area contributed by atoms with Crippen molar-refractivity contribution in [2.24, 2.45) is 10.9 Å². The molecule has 0 radical (unpaired) electrons. The number of aliphatic imine (C=N–C) groups is 1. The van der Waals surface area contributed by atoms with Gasteiger partial charge in [0, 0.05) is 31.1 Å². The van der Waals surface area contributed by atoms with E-state index in [4.69, 9.17) is 0 Å². The van der Waals surface area contributed by atoms with Gasteiger partial charge >= 0.3 is 0 Å². The van der Waals surface area contributed by atoms with Crippen molar-refractivity contribution in [3.05, 3.63) is 22.4 Å². The first-order valence-corrected chi connectivity index (χ1v) is 8.78. The number of nitrogens with zero attached hydrogens (tertiary/aromatic N) is 2. The fraction of sp³-hybridized carbons (Fsp3) is 0.688. The molecule has 4 nitrogen and oxygen atoms in total. The highest BCUT2D eigenvalue weighted by molar-refractivity contribution is 14.0. The standard InChI is InChI=1S/C16H28N4S.HI/c1-13-6-4-8-20(12-13)14(2)10-18-16(17-3)19-11-15-7-5-9-21-15;/h5,7,9,13-14H,4,6,8,10-12H2,1-3H3,(H2,17,18,19);1H. The molecule has 0 spiro atoms. The van der Waals surface area contributed by atoms with E-state index in [2.05, 4.69) is 51.9 Å². The molecule has 1 aromatic heterocycles. The van der Waals surface area contributed by atoms with Gasteiger partial charge in [-0.25, -0.2) is 0 Å². The summed E-state index contributed by atoms with van der Waals surface area (Å²) in [6.45, 7) is 8.90. The van der Waals surface area contributed by atoms with E-state index in [0.717, 1.165) is 25.0 Å². The Labute approximate surface area is 155 Å². The van der Waals surface area contributed by atoms with Crippen LogP contribution in [0.4, 0.5) is 0 Å². The molecule has 6 heteroatoms. The number of likely N-dealkylation sites (tertiary alicyclic amines) is 1. The van der Waals surface area contributed by atoms with Gasteiger partial charge in [0.05, 0.1) is 6.54 Å². The fourth-order valence-electron chi connectivity index (χ4n) is 2.80. The zero-order chi connectivity index (χ0) is 15.1. The van der Waals surface area contributed by atoms with E-state index in [9.17, 15) is 0 Å². The second-order valence-electron chi connectivity index (χ2n) is 5.98. The molecule has 1 fully saturated rings. The number of guanidine groups is 1. The van der Waals surface area contributed by atoms with E-state index in [1.165, 1.54) is 30.8 Å². The summed E-state index contributed by atoms with van der Waals surface area (Å²) >= 11 is 1.77. The van der Waals surface area contributed by atoms with Gasteiger partial charge in [-0.1, -0.05) is 13.0 Å². The Morgan fingerprint density at radius 1 is 1.50 bits per heavy atom.